The summed E-state index contributed by atoms with van der Waals surface area (Å²) in [5.41, 5.74) is -0.0752. The molecule has 33 heavy (non-hydrogen) atoms. The molecule has 5 rings (SSSR count). The number of hydrogen-bond acceptors (Lipinski definition) is 5. The molecule has 0 unspecified atom stereocenters. The van der Waals surface area contributed by atoms with Crippen molar-refractivity contribution >= 4 is 27.4 Å². The van der Waals surface area contributed by atoms with Crippen LogP contribution in [0.4, 0.5) is 20.2 Å². The van der Waals surface area contributed by atoms with Gasteiger partial charge in [-0.2, -0.15) is 0 Å². The third kappa shape index (κ3) is 3.06. The van der Waals surface area contributed by atoms with Crippen molar-refractivity contribution in [2.45, 2.75) is 42.8 Å². The molecule has 3 heterocycles. The fourth-order valence-corrected chi connectivity index (χ4v) is 7.80. The average molecular weight is 474 g/mol. The predicted octanol–water partition coefficient (Wildman–Crippen LogP) is 3.98. The highest BCUT2D eigenvalue weighted by Crippen LogP contribution is 2.57. The van der Waals surface area contributed by atoms with Crippen molar-refractivity contribution in [1.82, 2.24) is 0 Å². The third-order valence-corrected chi connectivity index (χ3v) is 9.32. The second kappa shape index (κ2) is 7.78. The molecule has 3 fully saturated rings. The smallest absolute Gasteiger partial charge is 0.333 e. The van der Waals surface area contributed by atoms with Gasteiger partial charge in [-0.25, -0.2) is 22.0 Å². The zero-order valence-electron chi connectivity index (χ0n) is 17.4. The van der Waals surface area contributed by atoms with Crippen molar-refractivity contribution in [3.8, 4) is 0 Å². The minimum absolute atomic E-state index is 0.00161. The summed E-state index contributed by atoms with van der Waals surface area (Å²) in [6.45, 7) is 6.92. The summed E-state index contributed by atoms with van der Waals surface area (Å²) >= 11 is 0. The van der Waals surface area contributed by atoms with Gasteiger partial charge in [0.2, 0.25) is 4.75 Å². The van der Waals surface area contributed by atoms with Crippen LogP contribution in [0.1, 0.15) is 30.4 Å². The Kier molecular flexibility index (Phi) is 5.14. The van der Waals surface area contributed by atoms with Crippen molar-refractivity contribution in [2.24, 2.45) is 5.92 Å². The molecule has 2 aromatic carbocycles. The average Bonchev–Trinajstić information content (AvgIpc) is 3.48. The first-order valence-corrected chi connectivity index (χ1v) is 11.9. The second-order valence-corrected chi connectivity index (χ2v) is 10.5. The molecule has 4 atom stereocenters. The molecule has 0 aromatic heterocycles. The van der Waals surface area contributed by atoms with Crippen LogP contribution < -0.4 is 4.31 Å². The summed E-state index contributed by atoms with van der Waals surface area (Å²) < 4.78 is 65.2. The van der Waals surface area contributed by atoms with Gasteiger partial charge >= 0.3 is 5.97 Å². The molecule has 10 heteroatoms. The monoisotopic (exact) mass is 474 g/mol. The number of anilines is 1. The van der Waals surface area contributed by atoms with Crippen LogP contribution in [0.3, 0.4) is 0 Å². The molecular formula is C23H20F2N2O5S. The summed E-state index contributed by atoms with van der Waals surface area (Å²) in [7, 11) is -4.36. The van der Waals surface area contributed by atoms with E-state index in [1.54, 1.807) is 24.3 Å². The maximum atomic E-state index is 13.9. The van der Waals surface area contributed by atoms with Crippen molar-refractivity contribution in [1.29, 1.82) is 0 Å². The number of halogens is 2. The third-order valence-electron chi connectivity index (χ3n) is 6.80. The van der Waals surface area contributed by atoms with Gasteiger partial charge in [-0.1, -0.05) is 36.4 Å². The van der Waals surface area contributed by atoms with E-state index < -0.39 is 50.9 Å². The lowest BCUT2D eigenvalue weighted by Crippen LogP contribution is -2.57. The van der Waals surface area contributed by atoms with Crippen LogP contribution in [0.2, 0.25) is 0 Å². The molecule has 0 spiro atoms. The number of rotatable bonds is 5. The quantitative estimate of drug-likeness (QED) is 0.484. The lowest BCUT2D eigenvalue weighted by atomic mass is 9.78. The fourth-order valence-electron chi connectivity index (χ4n) is 5.30. The van der Waals surface area contributed by atoms with Crippen LogP contribution in [0.15, 0.2) is 48.5 Å². The lowest BCUT2D eigenvalue weighted by Gasteiger charge is -2.32. The normalized spacial score (nSPS) is 29.2. The van der Waals surface area contributed by atoms with E-state index in [0.717, 1.165) is 10.4 Å². The first kappa shape index (κ1) is 21.8. The Morgan fingerprint density at radius 2 is 2.00 bits per heavy atom. The number of esters is 1. The molecule has 0 aliphatic carbocycles. The highest BCUT2D eigenvalue weighted by Gasteiger charge is 2.77. The maximum absolute atomic E-state index is 13.9. The van der Waals surface area contributed by atoms with Gasteiger partial charge in [-0.3, -0.25) is 9.10 Å². The lowest BCUT2D eigenvalue weighted by molar-refractivity contribution is -0.150. The number of ether oxygens (including phenoxy) is 2. The van der Waals surface area contributed by atoms with Gasteiger partial charge in [-0.15, -0.1) is 0 Å². The Labute approximate surface area is 189 Å². The summed E-state index contributed by atoms with van der Waals surface area (Å²) in [4.78, 5) is 16.5. The summed E-state index contributed by atoms with van der Waals surface area (Å²) in [5.74, 6) is -1.56. The summed E-state index contributed by atoms with van der Waals surface area (Å²) in [6, 6.07) is 12.4. The van der Waals surface area contributed by atoms with Crippen LogP contribution >= 0.6 is 0 Å². The molecule has 3 aliphatic rings. The van der Waals surface area contributed by atoms with Crippen LogP contribution in [-0.2, 0) is 30.9 Å². The molecule has 0 radical (unpaired) electrons. The molecule has 2 bridgehead atoms. The molecule has 172 valence electrons. The molecule has 0 amide bonds. The highest BCUT2D eigenvalue weighted by molar-refractivity contribution is 7.95. The standard InChI is InChI=1S/C23H20F2N2O5S/c1-26-18-8-7-15(11-16(18)21(24)25)27-12-17-19-9-10-20(32-19)23(17,33(27,29)30)22(28)31-13-14-5-3-2-4-6-14/h2-8,11,17,19-21H,9-10,12-13H2/t17-,19+,20-,23-/m1/s1. The van der Waals surface area contributed by atoms with Gasteiger partial charge in [0.05, 0.1) is 18.8 Å². The molecule has 3 saturated heterocycles. The van der Waals surface area contributed by atoms with Gasteiger partial charge in [0, 0.05) is 23.7 Å². The highest BCUT2D eigenvalue weighted by atomic mass is 32.2. The summed E-state index contributed by atoms with van der Waals surface area (Å²) in [5, 5.41) is 0. The molecule has 2 aromatic rings. The number of carbonyl (C=O) groups is 1. The van der Waals surface area contributed by atoms with Gasteiger partial charge in [-0.05, 0) is 30.5 Å². The van der Waals surface area contributed by atoms with Crippen molar-refractivity contribution < 1.29 is 31.5 Å². The van der Waals surface area contributed by atoms with E-state index in [0.29, 0.717) is 18.4 Å². The maximum Gasteiger partial charge on any atom is 0.333 e. The predicted molar refractivity (Wildman–Crippen MR) is 114 cm³/mol. The minimum Gasteiger partial charge on any atom is -0.460 e. The number of benzene rings is 2. The Morgan fingerprint density at radius 3 is 2.70 bits per heavy atom. The van der Waals surface area contributed by atoms with E-state index in [1.165, 1.54) is 12.1 Å². The fraction of sp³-hybridized carbons (Fsp3) is 0.391. The van der Waals surface area contributed by atoms with E-state index >= 15 is 0 Å². The second-order valence-electron chi connectivity index (χ2n) is 8.39. The van der Waals surface area contributed by atoms with E-state index in [-0.39, 0.29) is 24.5 Å². The molecular weight excluding hydrogens is 454 g/mol. The summed E-state index contributed by atoms with van der Waals surface area (Å²) in [6.07, 6.45) is -3.22. The first-order valence-electron chi connectivity index (χ1n) is 10.5. The van der Waals surface area contributed by atoms with Crippen LogP contribution in [0.5, 0.6) is 0 Å². The SMILES string of the molecule is [C-]#[N+]c1ccc(N2C[C@@H]3[C@@H]4CC[C@@H](O4)[C@]3(C(=O)OCc3ccccc3)S2(=O)=O)cc1C(F)F. The van der Waals surface area contributed by atoms with Crippen LogP contribution in [0, 0.1) is 12.5 Å². The Bertz CT molecular complexity index is 1250. The molecule has 7 nitrogen and oxygen atoms in total. The van der Waals surface area contributed by atoms with Crippen molar-refractivity contribution in [3.63, 3.8) is 0 Å². The van der Waals surface area contributed by atoms with Gasteiger partial charge in [0.25, 0.3) is 16.4 Å². The number of fused-ring (bicyclic) bond motifs is 5. The topological polar surface area (TPSA) is 77.3 Å². The minimum atomic E-state index is -4.36. The van der Waals surface area contributed by atoms with Gasteiger partial charge in [0.1, 0.15) is 6.61 Å². The zero-order valence-corrected chi connectivity index (χ0v) is 18.2. The Balaban J connectivity index is 1.53. The van der Waals surface area contributed by atoms with E-state index in [1.807, 2.05) is 6.07 Å². The number of hydrogen-bond donors (Lipinski definition) is 0. The van der Waals surface area contributed by atoms with Crippen LogP contribution in [0.25, 0.3) is 4.85 Å². The zero-order chi connectivity index (χ0) is 23.4. The molecule has 3 aliphatic heterocycles. The number of alkyl halides is 2. The first-order chi connectivity index (χ1) is 15.8. The molecule has 0 saturated carbocycles. The van der Waals surface area contributed by atoms with Crippen molar-refractivity contribution in [3.05, 3.63) is 71.1 Å². The molecule has 0 N–H and O–H groups in total. The van der Waals surface area contributed by atoms with Crippen molar-refractivity contribution in [2.75, 3.05) is 10.8 Å². The number of nitrogens with zero attached hydrogens (tertiary/aromatic N) is 2. The van der Waals surface area contributed by atoms with Gasteiger partial charge < -0.3 is 9.47 Å². The van der Waals surface area contributed by atoms with Crippen LogP contribution in [-0.4, -0.2) is 37.9 Å². The van der Waals surface area contributed by atoms with E-state index in [2.05, 4.69) is 4.85 Å². The number of carbonyl (C=O) groups excluding carboxylic acids is 1. The number of sulfonamides is 1. The Morgan fingerprint density at radius 1 is 1.24 bits per heavy atom. The Hall–Kier alpha value is -3.03. The largest absolute Gasteiger partial charge is 0.460 e. The van der Waals surface area contributed by atoms with Gasteiger partial charge in [0.15, 0.2) is 5.69 Å². The van der Waals surface area contributed by atoms with E-state index in [9.17, 15) is 22.0 Å². The van der Waals surface area contributed by atoms with E-state index in [4.69, 9.17) is 16.0 Å².